The number of hydrogen-bond acceptors (Lipinski definition) is 5. The fraction of sp³-hybridized carbons (Fsp3) is 0.231. The van der Waals surface area contributed by atoms with Gasteiger partial charge in [-0.15, -0.1) is 0 Å². The van der Waals surface area contributed by atoms with Gasteiger partial charge in [-0.3, -0.25) is 9.59 Å². The summed E-state index contributed by atoms with van der Waals surface area (Å²) in [5.74, 6) is 0.263. The topological polar surface area (TPSA) is 73.9 Å². The quantitative estimate of drug-likeness (QED) is 0.558. The molecule has 34 heavy (non-hydrogen) atoms. The maximum atomic E-state index is 13.1. The first kappa shape index (κ1) is 23.1. The molecule has 4 rings (SSSR count). The number of methoxy groups -OCH3 is 1. The van der Waals surface area contributed by atoms with E-state index in [0.717, 1.165) is 17.1 Å². The number of anilines is 3. The smallest absolute Gasteiger partial charge is 0.255 e. The van der Waals surface area contributed by atoms with Crippen LogP contribution in [0.25, 0.3) is 0 Å². The van der Waals surface area contributed by atoms with Crippen LogP contribution in [0.15, 0.2) is 72.8 Å². The highest BCUT2D eigenvalue weighted by Gasteiger charge is 2.21. The highest BCUT2D eigenvalue weighted by atomic mass is 19.1. The Morgan fingerprint density at radius 2 is 1.47 bits per heavy atom. The van der Waals surface area contributed by atoms with E-state index in [1.54, 1.807) is 67.8 Å². The van der Waals surface area contributed by atoms with Crippen LogP contribution in [0.3, 0.4) is 0 Å². The van der Waals surface area contributed by atoms with Gasteiger partial charge in [0.2, 0.25) is 5.91 Å². The Labute approximate surface area is 198 Å². The van der Waals surface area contributed by atoms with Gasteiger partial charge in [0.05, 0.1) is 13.7 Å². The van der Waals surface area contributed by atoms with Crippen molar-refractivity contribution in [3.63, 3.8) is 0 Å². The maximum Gasteiger partial charge on any atom is 0.255 e. The Hall–Kier alpha value is -4.07. The number of piperazine rings is 1. The molecule has 1 aliphatic rings. The summed E-state index contributed by atoms with van der Waals surface area (Å²) in [5, 5.41) is 5.97. The lowest BCUT2D eigenvalue weighted by atomic mass is 10.2. The SMILES string of the molecule is COc1ccc(NC(=O)c2ccc(NCC(=O)N3CCN(c4ccc(F)cc4)CC3)cc2)cc1. The van der Waals surface area contributed by atoms with Gasteiger partial charge in [-0.2, -0.15) is 0 Å². The molecule has 0 aliphatic carbocycles. The molecule has 3 aromatic rings. The molecule has 2 N–H and O–H groups in total. The van der Waals surface area contributed by atoms with E-state index in [1.807, 2.05) is 4.90 Å². The standard InChI is InChI=1S/C26H27FN4O3/c1-34-24-12-8-22(9-13-24)29-26(33)19-2-6-21(7-3-19)28-18-25(32)31-16-14-30(15-17-31)23-10-4-20(27)5-11-23/h2-13,28H,14-18H2,1H3,(H,29,33). The fourth-order valence-electron chi connectivity index (χ4n) is 3.77. The van der Waals surface area contributed by atoms with Gasteiger partial charge in [0.1, 0.15) is 11.6 Å². The molecular formula is C26H27FN4O3. The minimum absolute atomic E-state index is 0.0140. The van der Waals surface area contributed by atoms with Crippen molar-refractivity contribution in [1.82, 2.24) is 4.90 Å². The second-order valence-electron chi connectivity index (χ2n) is 7.96. The van der Waals surface area contributed by atoms with Gasteiger partial charge in [-0.1, -0.05) is 0 Å². The first-order valence-electron chi connectivity index (χ1n) is 11.1. The van der Waals surface area contributed by atoms with Gasteiger partial charge in [0, 0.05) is 48.8 Å². The minimum Gasteiger partial charge on any atom is -0.497 e. The number of nitrogens with one attached hydrogen (secondary N) is 2. The van der Waals surface area contributed by atoms with Gasteiger partial charge < -0.3 is 25.2 Å². The van der Waals surface area contributed by atoms with Crippen LogP contribution in [-0.2, 0) is 4.79 Å². The summed E-state index contributed by atoms with van der Waals surface area (Å²) in [7, 11) is 1.59. The molecule has 0 radical (unpaired) electrons. The first-order chi connectivity index (χ1) is 16.5. The summed E-state index contributed by atoms with van der Waals surface area (Å²) in [4.78, 5) is 29.0. The van der Waals surface area contributed by atoms with Gasteiger partial charge >= 0.3 is 0 Å². The van der Waals surface area contributed by atoms with E-state index in [0.29, 0.717) is 37.4 Å². The molecule has 0 unspecified atom stereocenters. The number of ether oxygens (including phenoxy) is 1. The molecule has 0 saturated carbocycles. The second-order valence-corrected chi connectivity index (χ2v) is 7.96. The van der Waals surface area contributed by atoms with Crippen LogP contribution in [0.4, 0.5) is 21.5 Å². The van der Waals surface area contributed by atoms with Crippen LogP contribution in [-0.4, -0.2) is 56.5 Å². The van der Waals surface area contributed by atoms with Gasteiger partial charge in [-0.05, 0) is 72.8 Å². The second kappa shape index (κ2) is 10.7. The summed E-state index contributed by atoms with van der Waals surface area (Å²) >= 11 is 0. The summed E-state index contributed by atoms with van der Waals surface area (Å²) in [5.41, 5.74) is 2.92. The molecule has 8 heteroatoms. The molecule has 176 valence electrons. The predicted molar refractivity (Wildman–Crippen MR) is 131 cm³/mol. The van der Waals surface area contributed by atoms with E-state index >= 15 is 0 Å². The van der Waals surface area contributed by atoms with Crippen molar-refractivity contribution in [3.05, 3.63) is 84.2 Å². The number of carbonyl (C=O) groups is 2. The van der Waals surface area contributed by atoms with E-state index < -0.39 is 0 Å². The monoisotopic (exact) mass is 462 g/mol. The lowest BCUT2D eigenvalue weighted by molar-refractivity contribution is -0.129. The lowest BCUT2D eigenvalue weighted by Gasteiger charge is -2.36. The summed E-state index contributed by atoms with van der Waals surface area (Å²) in [6.07, 6.45) is 0. The van der Waals surface area contributed by atoms with Crippen molar-refractivity contribution in [2.24, 2.45) is 0 Å². The number of rotatable bonds is 7. The normalized spacial score (nSPS) is 13.4. The van der Waals surface area contributed by atoms with Crippen LogP contribution in [0.1, 0.15) is 10.4 Å². The maximum absolute atomic E-state index is 13.1. The molecule has 1 fully saturated rings. The fourth-order valence-corrected chi connectivity index (χ4v) is 3.77. The van der Waals surface area contributed by atoms with Gasteiger partial charge in [-0.25, -0.2) is 4.39 Å². The minimum atomic E-state index is -0.255. The van der Waals surface area contributed by atoms with Crippen molar-refractivity contribution in [2.45, 2.75) is 0 Å². The molecule has 0 bridgehead atoms. The number of nitrogens with zero attached hydrogens (tertiary/aromatic N) is 2. The third-order valence-corrected chi connectivity index (χ3v) is 5.76. The average molecular weight is 463 g/mol. The molecule has 1 heterocycles. The highest BCUT2D eigenvalue weighted by Crippen LogP contribution is 2.18. The zero-order valence-electron chi connectivity index (χ0n) is 19.0. The van der Waals surface area contributed by atoms with E-state index in [2.05, 4.69) is 15.5 Å². The zero-order chi connectivity index (χ0) is 23.9. The molecular weight excluding hydrogens is 435 g/mol. The van der Waals surface area contributed by atoms with E-state index in [9.17, 15) is 14.0 Å². The largest absolute Gasteiger partial charge is 0.497 e. The molecule has 0 aromatic heterocycles. The Bertz CT molecular complexity index is 1110. The molecule has 1 aliphatic heterocycles. The summed E-state index contributed by atoms with van der Waals surface area (Å²) < 4.78 is 18.2. The summed E-state index contributed by atoms with van der Waals surface area (Å²) in [6.45, 7) is 2.81. The lowest BCUT2D eigenvalue weighted by Crippen LogP contribution is -2.50. The van der Waals surface area contributed by atoms with E-state index in [1.165, 1.54) is 12.1 Å². The predicted octanol–water partition coefficient (Wildman–Crippen LogP) is 3.85. The van der Waals surface area contributed by atoms with Crippen LogP contribution >= 0.6 is 0 Å². The molecule has 1 saturated heterocycles. The van der Waals surface area contributed by atoms with Crippen LogP contribution in [0.2, 0.25) is 0 Å². The Morgan fingerprint density at radius 3 is 2.09 bits per heavy atom. The third-order valence-electron chi connectivity index (χ3n) is 5.76. The Morgan fingerprint density at radius 1 is 0.853 bits per heavy atom. The Kier molecular flexibility index (Phi) is 7.27. The van der Waals surface area contributed by atoms with Gasteiger partial charge in [0.25, 0.3) is 5.91 Å². The van der Waals surface area contributed by atoms with Crippen LogP contribution in [0.5, 0.6) is 5.75 Å². The first-order valence-corrected chi connectivity index (χ1v) is 11.1. The average Bonchev–Trinajstić information content (AvgIpc) is 2.88. The van der Waals surface area contributed by atoms with Crippen LogP contribution < -0.4 is 20.3 Å². The third kappa shape index (κ3) is 5.83. The Balaban J connectivity index is 1.23. The van der Waals surface area contributed by atoms with E-state index in [4.69, 9.17) is 4.74 Å². The van der Waals surface area contributed by atoms with Crippen molar-refractivity contribution < 1.29 is 18.7 Å². The molecule has 0 atom stereocenters. The molecule has 3 aromatic carbocycles. The number of amides is 2. The number of carbonyl (C=O) groups excluding carboxylic acids is 2. The summed E-state index contributed by atoms with van der Waals surface area (Å²) in [6, 6.07) is 20.5. The number of halogens is 1. The molecule has 7 nitrogen and oxygen atoms in total. The van der Waals surface area contributed by atoms with E-state index in [-0.39, 0.29) is 24.2 Å². The van der Waals surface area contributed by atoms with Gasteiger partial charge in [0.15, 0.2) is 0 Å². The van der Waals surface area contributed by atoms with Crippen molar-refractivity contribution in [1.29, 1.82) is 0 Å². The van der Waals surface area contributed by atoms with Crippen LogP contribution in [0, 0.1) is 5.82 Å². The van der Waals surface area contributed by atoms with Crippen molar-refractivity contribution in [2.75, 3.05) is 55.4 Å². The number of hydrogen-bond donors (Lipinski definition) is 2. The molecule has 0 spiro atoms. The zero-order valence-corrected chi connectivity index (χ0v) is 19.0. The molecule has 2 amide bonds. The van der Waals surface area contributed by atoms with Crippen molar-refractivity contribution in [3.8, 4) is 5.75 Å². The number of benzene rings is 3. The highest BCUT2D eigenvalue weighted by molar-refractivity contribution is 6.04. The van der Waals surface area contributed by atoms with Crippen molar-refractivity contribution >= 4 is 28.9 Å².